The van der Waals surface area contributed by atoms with Gasteiger partial charge in [0.05, 0.1) is 16.7 Å². The second-order valence-corrected chi connectivity index (χ2v) is 9.12. The van der Waals surface area contributed by atoms with Gasteiger partial charge in [0.15, 0.2) is 0 Å². The molecular weight excluding hydrogens is 423 g/mol. The predicted molar refractivity (Wildman–Crippen MR) is 109 cm³/mol. The molecule has 0 spiro atoms. The van der Waals surface area contributed by atoms with Gasteiger partial charge in [-0.05, 0) is 55.3 Å². The third kappa shape index (κ3) is 5.17. The van der Waals surface area contributed by atoms with Crippen LogP contribution in [0.5, 0.6) is 0 Å². The van der Waals surface area contributed by atoms with Crippen LogP contribution < -0.4 is 9.62 Å². The minimum atomic E-state index is -4.00. The lowest BCUT2D eigenvalue weighted by atomic mass is 10.2. The molecule has 1 heterocycles. The normalized spacial score (nSPS) is 16.7. The lowest BCUT2D eigenvalue weighted by molar-refractivity contribution is -0.120. The fourth-order valence-electron chi connectivity index (χ4n) is 2.90. The highest BCUT2D eigenvalue weighted by Gasteiger charge is 2.28. The molecule has 1 aliphatic rings. The molecule has 150 valence electrons. The van der Waals surface area contributed by atoms with Gasteiger partial charge in [0.25, 0.3) is 10.0 Å². The van der Waals surface area contributed by atoms with Gasteiger partial charge < -0.3 is 10.1 Å². The van der Waals surface area contributed by atoms with Crippen LogP contribution in [0.4, 0.5) is 5.69 Å². The Morgan fingerprint density at radius 1 is 1.14 bits per heavy atom. The molecule has 1 aliphatic heterocycles. The number of nitrogens with zero attached hydrogens (tertiary/aromatic N) is 1. The molecule has 1 amide bonds. The molecule has 1 fully saturated rings. The Morgan fingerprint density at radius 2 is 1.89 bits per heavy atom. The monoisotopic (exact) mass is 442 g/mol. The SMILES string of the molecule is O=C(CN(c1cccc(Cl)c1)S(=O)(=O)c1ccc(Cl)cc1)NC[C@@H]1CCCO1. The topological polar surface area (TPSA) is 75.7 Å². The molecular formula is C19H20Cl2N2O4S. The number of hydrogen-bond acceptors (Lipinski definition) is 4. The van der Waals surface area contributed by atoms with Crippen LogP contribution in [-0.4, -0.2) is 40.1 Å². The molecule has 9 heteroatoms. The van der Waals surface area contributed by atoms with E-state index in [4.69, 9.17) is 27.9 Å². The van der Waals surface area contributed by atoms with Gasteiger partial charge in [-0.1, -0.05) is 29.3 Å². The Hall–Kier alpha value is -1.80. The van der Waals surface area contributed by atoms with E-state index >= 15 is 0 Å². The molecule has 28 heavy (non-hydrogen) atoms. The predicted octanol–water partition coefficient (Wildman–Crippen LogP) is 3.48. The summed E-state index contributed by atoms with van der Waals surface area (Å²) in [5.74, 6) is -0.423. The van der Waals surface area contributed by atoms with Gasteiger partial charge in [0.1, 0.15) is 6.54 Å². The number of hydrogen-bond donors (Lipinski definition) is 1. The first-order valence-electron chi connectivity index (χ1n) is 8.78. The van der Waals surface area contributed by atoms with Gasteiger partial charge in [-0.25, -0.2) is 8.42 Å². The van der Waals surface area contributed by atoms with Crippen molar-refractivity contribution in [3.8, 4) is 0 Å². The van der Waals surface area contributed by atoms with E-state index in [2.05, 4.69) is 5.32 Å². The molecule has 1 atom stereocenters. The number of nitrogens with one attached hydrogen (secondary N) is 1. The van der Waals surface area contributed by atoms with Crippen molar-refractivity contribution in [2.45, 2.75) is 23.8 Å². The van der Waals surface area contributed by atoms with Crippen molar-refractivity contribution in [3.63, 3.8) is 0 Å². The Bertz CT molecular complexity index is 929. The minimum absolute atomic E-state index is 0.0311. The fourth-order valence-corrected chi connectivity index (χ4v) is 4.62. The number of anilines is 1. The first-order chi connectivity index (χ1) is 13.4. The second-order valence-electron chi connectivity index (χ2n) is 6.38. The van der Waals surface area contributed by atoms with Crippen molar-refractivity contribution in [1.82, 2.24) is 5.32 Å². The highest BCUT2D eigenvalue weighted by molar-refractivity contribution is 7.92. The van der Waals surface area contributed by atoms with Crippen LogP contribution in [-0.2, 0) is 19.6 Å². The average molecular weight is 443 g/mol. The highest BCUT2D eigenvalue weighted by Crippen LogP contribution is 2.26. The lowest BCUT2D eigenvalue weighted by Crippen LogP contribution is -2.42. The largest absolute Gasteiger partial charge is 0.376 e. The van der Waals surface area contributed by atoms with Crippen LogP contribution >= 0.6 is 23.2 Å². The van der Waals surface area contributed by atoms with Crippen LogP contribution in [0.15, 0.2) is 53.4 Å². The van der Waals surface area contributed by atoms with Crippen molar-refractivity contribution >= 4 is 44.8 Å². The molecule has 0 unspecified atom stereocenters. The zero-order chi connectivity index (χ0) is 20.1. The highest BCUT2D eigenvalue weighted by atomic mass is 35.5. The maximum atomic E-state index is 13.2. The maximum absolute atomic E-state index is 13.2. The minimum Gasteiger partial charge on any atom is -0.376 e. The van der Waals surface area contributed by atoms with Crippen LogP contribution in [0, 0.1) is 0 Å². The van der Waals surface area contributed by atoms with E-state index in [1.807, 2.05) is 0 Å². The number of halogens is 2. The Labute approximate surface area is 174 Å². The number of benzene rings is 2. The first-order valence-corrected chi connectivity index (χ1v) is 11.0. The molecule has 3 rings (SSSR count). The molecule has 1 saturated heterocycles. The molecule has 0 aromatic heterocycles. The van der Waals surface area contributed by atoms with E-state index < -0.39 is 15.9 Å². The number of ether oxygens (including phenoxy) is 1. The van der Waals surface area contributed by atoms with Gasteiger partial charge in [-0.15, -0.1) is 0 Å². The molecule has 0 bridgehead atoms. The van der Waals surface area contributed by atoms with Crippen LogP contribution in [0.3, 0.4) is 0 Å². The summed E-state index contributed by atoms with van der Waals surface area (Å²) in [6.45, 7) is 0.654. The second kappa shape index (κ2) is 9.13. The fraction of sp³-hybridized carbons (Fsp3) is 0.316. The smallest absolute Gasteiger partial charge is 0.264 e. The summed E-state index contributed by atoms with van der Waals surface area (Å²) in [5, 5.41) is 3.54. The van der Waals surface area contributed by atoms with Gasteiger partial charge in [-0.2, -0.15) is 0 Å². The van der Waals surface area contributed by atoms with E-state index in [0.717, 1.165) is 17.1 Å². The first kappa shape index (κ1) is 20.9. The molecule has 2 aromatic rings. The molecule has 0 aliphatic carbocycles. The van der Waals surface area contributed by atoms with Crippen LogP contribution in [0.2, 0.25) is 10.0 Å². The Kier molecular flexibility index (Phi) is 6.82. The van der Waals surface area contributed by atoms with E-state index in [1.165, 1.54) is 30.3 Å². The van der Waals surface area contributed by atoms with Crippen molar-refractivity contribution in [2.75, 3.05) is 24.0 Å². The summed E-state index contributed by atoms with van der Waals surface area (Å²) in [4.78, 5) is 12.5. The zero-order valence-corrected chi connectivity index (χ0v) is 17.3. The van der Waals surface area contributed by atoms with Crippen molar-refractivity contribution < 1.29 is 17.9 Å². The third-order valence-corrected chi connectivity index (χ3v) is 6.61. The maximum Gasteiger partial charge on any atom is 0.264 e. The number of sulfonamides is 1. The van der Waals surface area contributed by atoms with E-state index in [0.29, 0.717) is 28.9 Å². The standard InChI is InChI=1S/C19H20Cl2N2O4S/c20-14-6-8-18(9-7-14)28(25,26)23(16-4-1-3-15(21)11-16)13-19(24)22-12-17-5-2-10-27-17/h1,3-4,6-9,11,17H,2,5,10,12-13H2,(H,22,24)/t17-/m0/s1. The summed E-state index contributed by atoms with van der Waals surface area (Å²) < 4.78 is 32.9. The molecule has 0 radical (unpaired) electrons. The third-order valence-electron chi connectivity index (χ3n) is 4.34. The van der Waals surface area contributed by atoms with Gasteiger partial charge >= 0.3 is 0 Å². The molecule has 2 aromatic carbocycles. The molecule has 0 saturated carbocycles. The summed E-state index contributed by atoms with van der Waals surface area (Å²) in [7, 11) is -4.00. The summed E-state index contributed by atoms with van der Waals surface area (Å²) in [6, 6.07) is 12.1. The van der Waals surface area contributed by atoms with Crippen LogP contribution in [0.25, 0.3) is 0 Å². The zero-order valence-electron chi connectivity index (χ0n) is 15.0. The Morgan fingerprint density at radius 3 is 2.54 bits per heavy atom. The number of amides is 1. The lowest BCUT2D eigenvalue weighted by Gasteiger charge is -2.24. The van der Waals surface area contributed by atoms with E-state index in [9.17, 15) is 13.2 Å². The number of rotatable bonds is 7. The Balaban J connectivity index is 1.84. The van der Waals surface area contributed by atoms with Crippen LogP contribution in [0.1, 0.15) is 12.8 Å². The number of carbonyl (C=O) groups is 1. The van der Waals surface area contributed by atoms with E-state index in [1.54, 1.807) is 18.2 Å². The van der Waals surface area contributed by atoms with Crippen molar-refractivity contribution in [2.24, 2.45) is 0 Å². The van der Waals surface area contributed by atoms with Gasteiger partial charge in [-0.3, -0.25) is 9.10 Å². The van der Waals surface area contributed by atoms with Crippen molar-refractivity contribution in [3.05, 3.63) is 58.6 Å². The van der Waals surface area contributed by atoms with Gasteiger partial charge in [0.2, 0.25) is 5.91 Å². The summed E-state index contributed by atoms with van der Waals surface area (Å²) >= 11 is 11.9. The number of carbonyl (C=O) groups excluding carboxylic acids is 1. The van der Waals surface area contributed by atoms with Crippen molar-refractivity contribution in [1.29, 1.82) is 0 Å². The van der Waals surface area contributed by atoms with E-state index in [-0.39, 0.29) is 17.5 Å². The molecule has 1 N–H and O–H groups in total. The summed E-state index contributed by atoms with van der Waals surface area (Å²) in [5.41, 5.74) is 0.301. The van der Waals surface area contributed by atoms with Gasteiger partial charge in [0, 0.05) is 23.2 Å². The molecule has 6 nitrogen and oxygen atoms in total. The average Bonchev–Trinajstić information content (AvgIpc) is 3.18. The quantitative estimate of drug-likeness (QED) is 0.711. The summed E-state index contributed by atoms with van der Waals surface area (Å²) in [6.07, 6.45) is 1.80.